The summed E-state index contributed by atoms with van der Waals surface area (Å²) >= 11 is 0. The fraction of sp³-hybridized carbons (Fsp3) is 0.400. The van der Waals surface area contributed by atoms with Crippen molar-refractivity contribution < 1.29 is 0 Å². The third-order valence-electron chi connectivity index (χ3n) is 3.44. The summed E-state index contributed by atoms with van der Waals surface area (Å²) in [4.78, 5) is 6.84. The maximum absolute atomic E-state index is 5.72. The Labute approximate surface area is 109 Å². The van der Waals surface area contributed by atoms with Crippen molar-refractivity contribution in [2.45, 2.75) is 26.4 Å². The SMILES string of the molecule is Cc1cc(CN(C)C(C)CN)c2ccccc2n1. The lowest BCUT2D eigenvalue weighted by Crippen LogP contribution is -2.34. The van der Waals surface area contributed by atoms with Gasteiger partial charge in [-0.25, -0.2) is 0 Å². The number of fused-ring (bicyclic) bond motifs is 1. The van der Waals surface area contributed by atoms with Gasteiger partial charge in [-0.15, -0.1) is 0 Å². The van der Waals surface area contributed by atoms with Gasteiger partial charge in [-0.05, 0) is 38.6 Å². The summed E-state index contributed by atoms with van der Waals surface area (Å²) in [5, 5.41) is 1.24. The molecule has 1 unspecified atom stereocenters. The molecule has 2 aromatic rings. The van der Waals surface area contributed by atoms with Crippen LogP contribution in [0.1, 0.15) is 18.2 Å². The number of rotatable bonds is 4. The first-order valence-corrected chi connectivity index (χ1v) is 6.37. The van der Waals surface area contributed by atoms with Crippen molar-refractivity contribution in [1.82, 2.24) is 9.88 Å². The Morgan fingerprint density at radius 1 is 1.33 bits per heavy atom. The van der Waals surface area contributed by atoms with E-state index in [0.717, 1.165) is 17.8 Å². The van der Waals surface area contributed by atoms with E-state index in [9.17, 15) is 0 Å². The van der Waals surface area contributed by atoms with E-state index in [2.05, 4.69) is 48.1 Å². The third kappa shape index (κ3) is 2.68. The first kappa shape index (κ1) is 13.0. The van der Waals surface area contributed by atoms with E-state index < -0.39 is 0 Å². The quantitative estimate of drug-likeness (QED) is 0.896. The highest BCUT2D eigenvalue weighted by atomic mass is 15.1. The van der Waals surface area contributed by atoms with Gasteiger partial charge >= 0.3 is 0 Å². The zero-order valence-electron chi connectivity index (χ0n) is 11.4. The van der Waals surface area contributed by atoms with Gasteiger partial charge in [-0.2, -0.15) is 0 Å². The first-order valence-electron chi connectivity index (χ1n) is 6.37. The topological polar surface area (TPSA) is 42.1 Å². The van der Waals surface area contributed by atoms with Gasteiger partial charge in [-0.3, -0.25) is 9.88 Å². The highest BCUT2D eigenvalue weighted by molar-refractivity contribution is 5.82. The molecule has 2 N–H and O–H groups in total. The number of pyridine rings is 1. The molecule has 3 nitrogen and oxygen atoms in total. The molecule has 0 aliphatic carbocycles. The van der Waals surface area contributed by atoms with Crippen molar-refractivity contribution in [2.75, 3.05) is 13.6 Å². The van der Waals surface area contributed by atoms with Crippen molar-refractivity contribution in [3.05, 3.63) is 41.6 Å². The van der Waals surface area contributed by atoms with Crippen LogP contribution in [0.25, 0.3) is 10.9 Å². The summed E-state index contributed by atoms with van der Waals surface area (Å²) in [7, 11) is 2.11. The second-order valence-corrected chi connectivity index (χ2v) is 4.94. The molecule has 2 rings (SSSR count). The van der Waals surface area contributed by atoms with E-state index in [-0.39, 0.29) is 0 Å². The van der Waals surface area contributed by atoms with Gasteiger partial charge in [0, 0.05) is 30.2 Å². The zero-order valence-corrected chi connectivity index (χ0v) is 11.4. The Hall–Kier alpha value is -1.45. The average molecular weight is 243 g/mol. The van der Waals surface area contributed by atoms with Gasteiger partial charge in [0.05, 0.1) is 5.52 Å². The Kier molecular flexibility index (Phi) is 3.94. The number of nitrogens with zero attached hydrogens (tertiary/aromatic N) is 2. The van der Waals surface area contributed by atoms with Crippen molar-refractivity contribution in [2.24, 2.45) is 5.73 Å². The maximum atomic E-state index is 5.72. The number of benzene rings is 1. The van der Waals surface area contributed by atoms with E-state index in [4.69, 9.17) is 5.73 Å². The molecule has 0 spiro atoms. The third-order valence-corrected chi connectivity index (χ3v) is 3.44. The Bertz CT molecular complexity index is 536. The minimum absolute atomic E-state index is 0.386. The molecule has 96 valence electrons. The molecule has 1 atom stereocenters. The van der Waals surface area contributed by atoms with Crippen LogP contribution in [0.5, 0.6) is 0 Å². The molecule has 0 bridgehead atoms. The van der Waals surface area contributed by atoms with Gasteiger partial charge in [0.25, 0.3) is 0 Å². The van der Waals surface area contributed by atoms with Crippen molar-refractivity contribution >= 4 is 10.9 Å². The van der Waals surface area contributed by atoms with Crippen molar-refractivity contribution in [1.29, 1.82) is 0 Å². The van der Waals surface area contributed by atoms with Crippen LogP contribution < -0.4 is 5.73 Å². The standard InChI is InChI=1S/C15H21N3/c1-11-8-13(10-18(3)12(2)9-16)14-6-4-5-7-15(14)17-11/h4-8,12H,9-10,16H2,1-3H3. The van der Waals surface area contributed by atoms with E-state index in [1.54, 1.807) is 0 Å². The lowest BCUT2D eigenvalue weighted by Gasteiger charge is -2.24. The van der Waals surface area contributed by atoms with Crippen LogP contribution in [-0.2, 0) is 6.54 Å². The largest absolute Gasteiger partial charge is 0.329 e. The number of hydrogen-bond acceptors (Lipinski definition) is 3. The smallest absolute Gasteiger partial charge is 0.0708 e. The van der Waals surface area contributed by atoms with E-state index >= 15 is 0 Å². The summed E-state index contributed by atoms with van der Waals surface area (Å²) in [6, 6.07) is 10.9. The normalized spacial score (nSPS) is 13.2. The summed E-state index contributed by atoms with van der Waals surface area (Å²) < 4.78 is 0. The number of para-hydroxylation sites is 1. The van der Waals surface area contributed by atoms with E-state index in [1.807, 2.05) is 13.0 Å². The number of likely N-dealkylation sites (N-methyl/N-ethyl adjacent to an activating group) is 1. The minimum Gasteiger partial charge on any atom is -0.329 e. The minimum atomic E-state index is 0.386. The van der Waals surface area contributed by atoms with Gasteiger partial charge < -0.3 is 5.73 Å². The fourth-order valence-corrected chi connectivity index (χ4v) is 2.13. The molecule has 0 saturated heterocycles. The second kappa shape index (κ2) is 5.46. The molecule has 3 heteroatoms. The van der Waals surface area contributed by atoms with Crippen LogP contribution in [0, 0.1) is 6.92 Å². The van der Waals surface area contributed by atoms with Gasteiger partial charge in [0.1, 0.15) is 0 Å². The van der Waals surface area contributed by atoms with Crippen LogP contribution in [-0.4, -0.2) is 29.5 Å². The second-order valence-electron chi connectivity index (χ2n) is 4.94. The van der Waals surface area contributed by atoms with Crippen molar-refractivity contribution in [3.63, 3.8) is 0 Å². The van der Waals surface area contributed by atoms with Gasteiger partial charge in [-0.1, -0.05) is 18.2 Å². The van der Waals surface area contributed by atoms with Gasteiger partial charge in [0.15, 0.2) is 0 Å². The lowest BCUT2D eigenvalue weighted by atomic mass is 10.1. The summed E-state index contributed by atoms with van der Waals surface area (Å²) in [6.07, 6.45) is 0. The van der Waals surface area contributed by atoms with Crippen LogP contribution in [0.2, 0.25) is 0 Å². The molecule has 0 aliphatic heterocycles. The maximum Gasteiger partial charge on any atom is 0.0708 e. The fourth-order valence-electron chi connectivity index (χ4n) is 2.13. The highest BCUT2D eigenvalue weighted by Gasteiger charge is 2.10. The predicted molar refractivity (Wildman–Crippen MR) is 76.5 cm³/mol. The van der Waals surface area contributed by atoms with Gasteiger partial charge in [0.2, 0.25) is 0 Å². The number of aryl methyl sites for hydroxylation is 1. The van der Waals surface area contributed by atoms with Crippen LogP contribution in [0.4, 0.5) is 0 Å². The lowest BCUT2D eigenvalue weighted by molar-refractivity contribution is 0.255. The molecular formula is C15H21N3. The van der Waals surface area contributed by atoms with Crippen LogP contribution in [0.15, 0.2) is 30.3 Å². The Balaban J connectivity index is 2.38. The molecule has 1 heterocycles. The zero-order chi connectivity index (χ0) is 13.1. The number of aromatic nitrogens is 1. The number of nitrogens with two attached hydrogens (primary N) is 1. The molecule has 0 amide bonds. The first-order chi connectivity index (χ1) is 8.61. The Morgan fingerprint density at radius 2 is 2.06 bits per heavy atom. The average Bonchev–Trinajstić information content (AvgIpc) is 2.37. The molecule has 1 aromatic heterocycles. The Morgan fingerprint density at radius 3 is 2.78 bits per heavy atom. The van der Waals surface area contributed by atoms with Crippen LogP contribution >= 0.6 is 0 Å². The summed E-state index contributed by atoms with van der Waals surface area (Å²) in [5.41, 5.74) is 9.17. The van der Waals surface area contributed by atoms with E-state index in [0.29, 0.717) is 12.6 Å². The molecule has 0 saturated carbocycles. The number of hydrogen-bond donors (Lipinski definition) is 1. The summed E-state index contributed by atoms with van der Waals surface area (Å²) in [6.45, 7) is 5.78. The molecular weight excluding hydrogens is 222 g/mol. The molecule has 1 aromatic carbocycles. The highest BCUT2D eigenvalue weighted by Crippen LogP contribution is 2.19. The van der Waals surface area contributed by atoms with Crippen LogP contribution in [0.3, 0.4) is 0 Å². The summed E-state index contributed by atoms with van der Waals surface area (Å²) in [5.74, 6) is 0. The monoisotopic (exact) mass is 243 g/mol. The van der Waals surface area contributed by atoms with E-state index in [1.165, 1.54) is 10.9 Å². The molecule has 0 aliphatic rings. The predicted octanol–water partition coefficient (Wildman–Crippen LogP) is 2.32. The molecule has 0 radical (unpaired) electrons. The van der Waals surface area contributed by atoms with Crippen molar-refractivity contribution in [3.8, 4) is 0 Å². The molecule has 18 heavy (non-hydrogen) atoms. The molecule has 0 fully saturated rings.